The van der Waals surface area contributed by atoms with E-state index in [9.17, 15) is 4.79 Å². The Morgan fingerprint density at radius 1 is 0.935 bits per heavy atom. The molecule has 0 amide bonds. The Labute approximate surface area is 191 Å². The van der Waals surface area contributed by atoms with E-state index in [2.05, 4.69) is 5.32 Å². The van der Waals surface area contributed by atoms with E-state index >= 15 is 0 Å². The fourth-order valence-electron chi connectivity index (χ4n) is 2.75. The average Bonchev–Trinajstić information content (AvgIpc) is 2.78. The van der Waals surface area contributed by atoms with Crippen molar-refractivity contribution in [1.82, 2.24) is 0 Å². The van der Waals surface area contributed by atoms with Crippen LogP contribution in [0.5, 0.6) is 17.2 Å². The number of halogens is 2. The summed E-state index contributed by atoms with van der Waals surface area (Å²) >= 11 is 12.1. The number of hydrogen-bond acceptors (Lipinski definition) is 5. The number of benzene rings is 3. The van der Waals surface area contributed by atoms with Crippen molar-refractivity contribution < 1.29 is 19.0 Å². The highest BCUT2D eigenvalue weighted by Gasteiger charge is 2.06. The monoisotopic (exact) mass is 457 g/mol. The van der Waals surface area contributed by atoms with E-state index in [1.807, 2.05) is 6.07 Å². The average molecular weight is 458 g/mol. The molecule has 0 aromatic heterocycles. The van der Waals surface area contributed by atoms with Gasteiger partial charge >= 0.3 is 0 Å². The van der Waals surface area contributed by atoms with E-state index in [0.29, 0.717) is 45.2 Å². The molecule has 160 valence electrons. The molecule has 31 heavy (non-hydrogen) atoms. The molecule has 0 atom stereocenters. The number of allylic oxidation sites excluding steroid dienone is 1. The summed E-state index contributed by atoms with van der Waals surface area (Å²) in [6.07, 6.45) is 3.01. The molecule has 0 aliphatic heterocycles. The molecular formula is C24H21Cl2NO4. The molecule has 0 heterocycles. The zero-order valence-corrected chi connectivity index (χ0v) is 18.5. The maximum Gasteiger partial charge on any atom is 0.187 e. The van der Waals surface area contributed by atoms with Gasteiger partial charge in [0.15, 0.2) is 5.78 Å². The second-order valence-electron chi connectivity index (χ2n) is 6.46. The van der Waals surface area contributed by atoms with Crippen molar-refractivity contribution >= 4 is 34.7 Å². The van der Waals surface area contributed by atoms with Crippen molar-refractivity contribution in [2.24, 2.45) is 0 Å². The quantitative estimate of drug-likeness (QED) is 0.297. The van der Waals surface area contributed by atoms with Crippen LogP contribution in [0, 0.1) is 0 Å². The number of rotatable bonds is 9. The van der Waals surface area contributed by atoms with Gasteiger partial charge in [0.05, 0.1) is 19.9 Å². The lowest BCUT2D eigenvalue weighted by Crippen LogP contribution is -1.99. The summed E-state index contributed by atoms with van der Waals surface area (Å²) in [5, 5.41) is 4.16. The van der Waals surface area contributed by atoms with Crippen molar-refractivity contribution in [3.8, 4) is 17.2 Å². The Hall–Kier alpha value is -3.15. The summed E-state index contributed by atoms with van der Waals surface area (Å²) < 4.78 is 16.3. The van der Waals surface area contributed by atoms with E-state index in [1.165, 1.54) is 6.08 Å². The minimum absolute atomic E-state index is 0.151. The van der Waals surface area contributed by atoms with Crippen LogP contribution in [0.4, 0.5) is 5.69 Å². The lowest BCUT2D eigenvalue weighted by molar-refractivity contribution is 0.104. The minimum Gasteiger partial charge on any atom is -0.497 e. The number of methoxy groups -OCH3 is 2. The Kier molecular flexibility index (Phi) is 7.82. The number of carbonyl (C=O) groups excluding carboxylic acids is 1. The molecule has 0 aliphatic rings. The molecule has 0 fully saturated rings. The maximum absolute atomic E-state index is 12.4. The molecule has 0 aliphatic carbocycles. The maximum atomic E-state index is 12.4. The van der Waals surface area contributed by atoms with Crippen LogP contribution in [-0.4, -0.2) is 20.0 Å². The largest absolute Gasteiger partial charge is 0.497 e. The lowest BCUT2D eigenvalue weighted by atomic mass is 10.1. The van der Waals surface area contributed by atoms with E-state index < -0.39 is 0 Å². The number of anilines is 1. The van der Waals surface area contributed by atoms with Crippen molar-refractivity contribution in [3.05, 3.63) is 94.1 Å². The third-order valence-corrected chi connectivity index (χ3v) is 5.02. The van der Waals surface area contributed by atoms with Gasteiger partial charge in [0.2, 0.25) is 0 Å². The smallest absolute Gasteiger partial charge is 0.187 e. The van der Waals surface area contributed by atoms with Gasteiger partial charge in [0, 0.05) is 39.5 Å². The molecule has 1 N–H and O–H groups in total. The van der Waals surface area contributed by atoms with Crippen LogP contribution < -0.4 is 19.5 Å². The highest BCUT2D eigenvalue weighted by Crippen LogP contribution is 2.29. The molecule has 5 nitrogen and oxygen atoms in total. The standard InChI is InChI=1S/C24H21Cl2NO4/c1-29-20-9-10-24(30-2)22(14-20)27-12-11-23(28)16-4-7-19(8-5-16)31-15-17-3-6-18(25)13-21(17)26/h3-14,27H,15H2,1-2H3/b12-11+. The Bertz CT molecular complexity index is 1080. The van der Waals surface area contributed by atoms with E-state index in [4.69, 9.17) is 37.4 Å². The predicted octanol–water partition coefficient (Wildman–Crippen LogP) is 6.40. The molecule has 3 rings (SSSR count). The van der Waals surface area contributed by atoms with Gasteiger partial charge in [-0.25, -0.2) is 0 Å². The van der Waals surface area contributed by atoms with Gasteiger partial charge in [0.1, 0.15) is 23.9 Å². The van der Waals surface area contributed by atoms with Crippen LogP contribution in [0.25, 0.3) is 0 Å². The Morgan fingerprint density at radius 2 is 1.68 bits per heavy atom. The van der Waals surface area contributed by atoms with E-state index in [1.54, 1.807) is 75.0 Å². The molecule has 0 saturated carbocycles. The molecule has 0 spiro atoms. The number of ether oxygens (including phenoxy) is 3. The molecule has 0 bridgehead atoms. The number of nitrogens with one attached hydrogen (secondary N) is 1. The van der Waals surface area contributed by atoms with Gasteiger partial charge in [-0.1, -0.05) is 29.3 Å². The molecule has 0 unspecified atom stereocenters. The normalized spacial score (nSPS) is 10.7. The van der Waals surface area contributed by atoms with Gasteiger partial charge in [0.25, 0.3) is 0 Å². The number of carbonyl (C=O) groups is 1. The third kappa shape index (κ3) is 6.17. The fourth-order valence-corrected chi connectivity index (χ4v) is 3.21. The molecule has 3 aromatic rings. The highest BCUT2D eigenvalue weighted by atomic mass is 35.5. The number of ketones is 1. The van der Waals surface area contributed by atoms with Crippen LogP contribution in [-0.2, 0) is 6.61 Å². The highest BCUT2D eigenvalue weighted by molar-refractivity contribution is 6.35. The van der Waals surface area contributed by atoms with Crippen molar-refractivity contribution in [1.29, 1.82) is 0 Å². The van der Waals surface area contributed by atoms with Crippen molar-refractivity contribution in [2.75, 3.05) is 19.5 Å². The minimum atomic E-state index is -0.151. The second kappa shape index (κ2) is 10.8. The molecule has 0 radical (unpaired) electrons. The first-order valence-corrected chi connectivity index (χ1v) is 10.1. The van der Waals surface area contributed by atoms with Crippen LogP contribution >= 0.6 is 23.2 Å². The molecule has 3 aromatic carbocycles. The van der Waals surface area contributed by atoms with Crippen molar-refractivity contribution in [3.63, 3.8) is 0 Å². The summed E-state index contributed by atoms with van der Waals surface area (Å²) in [6, 6.07) is 17.5. The van der Waals surface area contributed by atoms with E-state index in [-0.39, 0.29) is 5.78 Å². The van der Waals surface area contributed by atoms with Gasteiger partial charge in [-0.05, 0) is 48.5 Å². The van der Waals surface area contributed by atoms with Crippen LogP contribution in [0.2, 0.25) is 10.0 Å². The first-order valence-electron chi connectivity index (χ1n) is 9.36. The summed E-state index contributed by atoms with van der Waals surface area (Å²) in [7, 11) is 3.16. The molecule has 0 saturated heterocycles. The Balaban J connectivity index is 1.59. The zero-order valence-electron chi connectivity index (χ0n) is 17.0. The van der Waals surface area contributed by atoms with Gasteiger partial charge in [-0.2, -0.15) is 0 Å². The first-order chi connectivity index (χ1) is 15.0. The lowest BCUT2D eigenvalue weighted by Gasteiger charge is -2.10. The zero-order chi connectivity index (χ0) is 22.2. The first kappa shape index (κ1) is 22.5. The second-order valence-corrected chi connectivity index (χ2v) is 7.30. The van der Waals surface area contributed by atoms with Crippen LogP contribution in [0.3, 0.4) is 0 Å². The van der Waals surface area contributed by atoms with Gasteiger partial charge < -0.3 is 19.5 Å². The molecular weight excluding hydrogens is 437 g/mol. The molecule has 7 heteroatoms. The van der Waals surface area contributed by atoms with Gasteiger partial charge in [-0.3, -0.25) is 4.79 Å². The summed E-state index contributed by atoms with van der Waals surface area (Å²) in [6.45, 7) is 0.301. The summed E-state index contributed by atoms with van der Waals surface area (Å²) in [5.74, 6) is 1.80. The van der Waals surface area contributed by atoms with Gasteiger partial charge in [-0.15, -0.1) is 0 Å². The van der Waals surface area contributed by atoms with Crippen molar-refractivity contribution in [2.45, 2.75) is 6.61 Å². The SMILES string of the molecule is COc1ccc(OC)c(N/C=C/C(=O)c2ccc(OCc3ccc(Cl)cc3Cl)cc2)c1. The number of hydrogen-bond donors (Lipinski definition) is 1. The van der Waals surface area contributed by atoms with E-state index in [0.717, 1.165) is 5.56 Å². The summed E-state index contributed by atoms with van der Waals surface area (Å²) in [4.78, 5) is 12.4. The summed E-state index contributed by atoms with van der Waals surface area (Å²) in [5.41, 5.74) is 2.05. The van der Waals surface area contributed by atoms with Crippen LogP contribution in [0.15, 0.2) is 72.9 Å². The fraction of sp³-hybridized carbons (Fsp3) is 0.125. The third-order valence-electron chi connectivity index (χ3n) is 4.43. The topological polar surface area (TPSA) is 56.8 Å². The van der Waals surface area contributed by atoms with Crippen LogP contribution in [0.1, 0.15) is 15.9 Å². The predicted molar refractivity (Wildman–Crippen MR) is 124 cm³/mol. The Morgan fingerprint density at radius 3 is 2.35 bits per heavy atom.